The lowest BCUT2D eigenvalue weighted by molar-refractivity contribution is -0.858. The first-order valence-corrected chi connectivity index (χ1v) is 7.53. The van der Waals surface area contributed by atoms with Gasteiger partial charge < -0.3 is 14.6 Å². The van der Waals surface area contributed by atoms with Gasteiger partial charge in [0.2, 0.25) is 0 Å². The van der Waals surface area contributed by atoms with Crippen LogP contribution in [0.2, 0.25) is 0 Å². The third kappa shape index (κ3) is 2.57. The Hall–Kier alpha value is -2.34. The SMILES string of the molecule is CCOc1ccc2[nH]c3c(=O)n(CC[NH+](C)C)cnc3c2c1. The van der Waals surface area contributed by atoms with E-state index in [2.05, 4.69) is 24.1 Å². The topological polar surface area (TPSA) is 64.3 Å². The zero-order chi connectivity index (χ0) is 15.7. The first-order chi connectivity index (χ1) is 10.6. The average molecular weight is 301 g/mol. The van der Waals surface area contributed by atoms with Crippen molar-refractivity contribution in [3.05, 3.63) is 34.9 Å². The average Bonchev–Trinajstić information content (AvgIpc) is 2.86. The van der Waals surface area contributed by atoms with Crippen LogP contribution in [0.4, 0.5) is 0 Å². The molecule has 116 valence electrons. The summed E-state index contributed by atoms with van der Waals surface area (Å²) < 4.78 is 7.18. The molecule has 2 N–H and O–H groups in total. The van der Waals surface area contributed by atoms with Gasteiger partial charge in [-0.3, -0.25) is 9.36 Å². The van der Waals surface area contributed by atoms with Crippen molar-refractivity contribution in [1.82, 2.24) is 14.5 Å². The molecule has 0 amide bonds. The molecular weight excluding hydrogens is 280 g/mol. The van der Waals surface area contributed by atoms with Crippen LogP contribution in [0.5, 0.6) is 5.75 Å². The van der Waals surface area contributed by atoms with Crippen molar-refractivity contribution < 1.29 is 9.64 Å². The molecule has 0 aliphatic heterocycles. The number of benzene rings is 1. The number of aromatic amines is 1. The number of rotatable bonds is 5. The van der Waals surface area contributed by atoms with Crippen LogP contribution in [0, 0.1) is 0 Å². The third-order valence-electron chi connectivity index (χ3n) is 3.71. The van der Waals surface area contributed by atoms with E-state index in [0.717, 1.165) is 23.2 Å². The Morgan fingerprint density at radius 3 is 2.91 bits per heavy atom. The van der Waals surface area contributed by atoms with Gasteiger partial charge in [-0.15, -0.1) is 0 Å². The number of nitrogens with zero attached hydrogens (tertiary/aromatic N) is 2. The molecule has 0 unspecified atom stereocenters. The molecule has 3 aromatic rings. The number of likely N-dealkylation sites (N-methyl/N-ethyl adjacent to an activating group) is 1. The van der Waals surface area contributed by atoms with Gasteiger partial charge in [-0.1, -0.05) is 0 Å². The minimum atomic E-state index is -0.0274. The molecule has 0 aliphatic carbocycles. The van der Waals surface area contributed by atoms with Crippen LogP contribution in [0.15, 0.2) is 29.3 Å². The van der Waals surface area contributed by atoms with E-state index < -0.39 is 0 Å². The Kier molecular flexibility index (Phi) is 3.85. The monoisotopic (exact) mass is 301 g/mol. The standard InChI is InChI=1S/C16H20N4O2/c1-4-22-11-5-6-13-12(9-11)14-15(18-13)16(21)20(10-17-14)8-7-19(2)3/h5-6,9-10,18H,4,7-8H2,1-3H3/p+1. The zero-order valence-corrected chi connectivity index (χ0v) is 13.1. The van der Waals surface area contributed by atoms with Gasteiger partial charge in [0.15, 0.2) is 0 Å². The predicted molar refractivity (Wildman–Crippen MR) is 86.7 cm³/mol. The summed E-state index contributed by atoms with van der Waals surface area (Å²) in [4.78, 5) is 21.5. The highest BCUT2D eigenvalue weighted by Crippen LogP contribution is 2.25. The highest BCUT2D eigenvalue weighted by atomic mass is 16.5. The van der Waals surface area contributed by atoms with Crippen molar-refractivity contribution >= 4 is 21.9 Å². The molecule has 0 atom stereocenters. The largest absolute Gasteiger partial charge is 0.494 e. The molecule has 6 heteroatoms. The van der Waals surface area contributed by atoms with Crippen molar-refractivity contribution in [1.29, 1.82) is 0 Å². The summed E-state index contributed by atoms with van der Waals surface area (Å²) in [6.07, 6.45) is 1.63. The maximum Gasteiger partial charge on any atom is 0.277 e. The Morgan fingerprint density at radius 2 is 2.18 bits per heavy atom. The van der Waals surface area contributed by atoms with E-state index >= 15 is 0 Å². The van der Waals surface area contributed by atoms with E-state index in [1.54, 1.807) is 10.9 Å². The summed E-state index contributed by atoms with van der Waals surface area (Å²) in [5.74, 6) is 0.790. The first-order valence-electron chi connectivity index (χ1n) is 7.53. The molecule has 2 heterocycles. The van der Waals surface area contributed by atoms with Crippen LogP contribution >= 0.6 is 0 Å². The lowest BCUT2D eigenvalue weighted by atomic mass is 10.2. The van der Waals surface area contributed by atoms with Crippen LogP contribution in [-0.4, -0.2) is 41.8 Å². The number of quaternary nitrogens is 1. The van der Waals surface area contributed by atoms with Crippen LogP contribution < -0.4 is 15.2 Å². The molecule has 0 spiro atoms. The van der Waals surface area contributed by atoms with Gasteiger partial charge in [-0.25, -0.2) is 4.98 Å². The smallest absolute Gasteiger partial charge is 0.277 e. The van der Waals surface area contributed by atoms with Gasteiger partial charge >= 0.3 is 0 Å². The summed E-state index contributed by atoms with van der Waals surface area (Å²) in [6.45, 7) is 4.09. The number of H-pyrrole nitrogens is 1. The van der Waals surface area contributed by atoms with E-state index in [1.807, 2.05) is 25.1 Å². The van der Waals surface area contributed by atoms with Gasteiger partial charge in [0.25, 0.3) is 5.56 Å². The van der Waals surface area contributed by atoms with Gasteiger partial charge in [0.1, 0.15) is 16.8 Å². The van der Waals surface area contributed by atoms with Gasteiger partial charge in [0.05, 0.1) is 40.1 Å². The quantitative estimate of drug-likeness (QED) is 0.718. The number of hydrogen-bond donors (Lipinski definition) is 2. The number of hydrogen-bond acceptors (Lipinski definition) is 3. The van der Waals surface area contributed by atoms with Crippen molar-refractivity contribution in [2.24, 2.45) is 0 Å². The molecule has 3 rings (SSSR count). The van der Waals surface area contributed by atoms with Crippen molar-refractivity contribution in [3.8, 4) is 5.75 Å². The van der Waals surface area contributed by atoms with Crippen LogP contribution in [0.25, 0.3) is 21.9 Å². The molecule has 0 aliphatic rings. The maximum atomic E-state index is 12.6. The predicted octanol–water partition coefficient (Wildman–Crippen LogP) is 0.421. The fourth-order valence-corrected chi connectivity index (χ4v) is 2.53. The lowest BCUT2D eigenvalue weighted by Gasteiger charge is -2.08. The summed E-state index contributed by atoms with van der Waals surface area (Å²) >= 11 is 0. The molecular formula is C16H21N4O2+. The van der Waals surface area contributed by atoms with Crippen LogP contribution in [0.1, 0.15) is 6.92 Å². The summed E-state index contributed by atoms with van der Waals surface area (Å²) in [5, 5.41) is 0.920. The van der Waals surface area contributed by atoms with Crippen LogP contribution in [0.3, 0.4) is 0 Å². The molecule has 0 radical (unpaired) electrons. The zero-order valence-electron chi connectivity index (χ0n) is 13.1. The fourth-order valence-electron chi connectivity index (χ4n) is 2.53. The highest BCUT2D eigenvalue weighted by Gasteiger charge is 2.12. The summed E-state index contributed by atoms with van der Waals surface area (Å²) in [6, 6.07) is 5.75. The third-order valence-corrected chi connectivity index (χ3v) is 3.71. The Labute approximate surface area is 128 Å². The Bertz CT molecular complexity index is 864. The molecule has 1 aromatic carbocycles. The molecule has 0 saturated heterocycles. The second kappa shape index (κ2) is 5.81. The van der Waals surface area contributed by atoms with Gasteiger partial charge in [0, 0.05) is 10.9 Å². The lowest BCUT2D eigenvalue weighted by Crippen LogP contribution is -3.06. The second-order valence-corrected chi connectivity index (χ2v) is 5.69. The molecule has 6 nitrogen and oxygen atoms in total. The normalized spacial score (nSPS) is 11.6. The number of fused-ring (bicyclic) bond motifs is 3. The van der Waals surface area contributed by atoms with Crippen molar-refractivity contribution in [2.75, 3.05) is 27.2 Å². The van der Waals surface area contributed by atoms with Gasteiger partial charge in [-0.05, 0) is 25.1 Å². The molecule has 0 fully saturated rings. The molecule has 0 saturated carbocycles. The Morgan fingerprint density at radius 1 is 1.36 bits per heavy atom. The minimum absolute atomic E-state index is 0.0274. The summed E-state index contributed by atoms with van der Waals surface area (Å²) in [5.41, 5.74) is 2.13. The van der Waals surface area contributed by atoms with Crippen molar-refractivity contribution in [3.63, 3.8) is 0 Å². The van der Waals surface area contributed by atoms with E-state index in [4.69, 9.17) is 4.74 Å². The summed E-state index contributed by atoms with van der Waals surface area (Å²) in [7, 11) is 4.13. The number of aromatic nitrogens is 3. The first kappa shape index (κ1) is 14.6. The number of nitrogens with one attached hydrogen (secondary N) is 2. The fraction of sp³-hybridized carbons (Fsp3) is 0.375. The van der Waals surface area contributed by atoms with E-state index in [1.165, 1.54) is 4.90 Å². The van der Waals surface area contributed by atoms with E-state index in [9.17, 15) is 4.79 Å². The highest BCUT2D eigenvalue weighted by molar-refractivity contribution is 6.04. The maximum absolute atomic E-state index is 12.6. The second-order valence-electron chi connectivity index (χ2n) is 5.69. The van der Waals surface area contributed by atoms with Crippen molar-refractivity contribution in [2.45, 2.75) is 13.5 Å². The van der Waals surface area contributed by atoms with Crippen LogP contribution in [-0.2, 0) is 6.54 Å². The number of ether oxygens (including phenoxy) is 1. The minimum Gasteiger partial charge on any atom is -0.494 e. The Balaban J connectivity index is 2.11. The van der Waals surface area contributed by atoms with E-state index in [0.29, 0.717) is 24.2 Å². The van der Waals surface area contributed by atoms with Gasteiger partial charge in [-0.2, -0.15) is 0 Å². The van der Waals surface area contributed by atoms with E-state index in [-0.39, 0.29) is 5.56 Å². The molecule has 0 bridgehead atoms. The molecule has 2 aromatic heterocycles. The molecule has 22 heavy (non-hydrogen) atoms.